The van der Waals surface area contributed by atoms with Crippen molar-refractivity contribution in [2.24, 2.45) is 0 Å². The highest BCUT2D eigenvalue weighted by molar-refractivity contribution is 7.98. The van der Waals surface area contributed by atoms with Gasteiger partial charge in [-0.1, -0.05) is 24.3 Å². The lowest BCUT2D eigenvalue weighted by Gasteiger charge is -2.03. The quantitative estimate of drug-likeness (QED) is 0.845. The van der Waals surface area contributed by atoms with Crippen LogP contribution in [0.3, 0.4) is 0 Å². The number of carboxylic acid groups (broad SMARTS) is 1. The second-order valence-electron chi connectivity index (χ2n) is 4.13. The molecule has 2 aromatic rings. The average Bonchev–Trinajstić information content (AvgIpc) is 2.39. The molecule has 2 rings (SSSR count). The van der Waals surface area contributed by atoms with Gasteiger partial charge in [0.1, 0.15) is 5.82 Å². The summed E-state index contributed by atoms with van der Waals surface area (Å²) < 4.78 is 12.7. The second-order valence-corrected chi connectivity index (χ2v) is 5.18. The number of benzene rings is 2. The normalized spacial score (nSPS) is 10.4. The van der Waals surface area contributed by atoms with E-state index in [0.29, 0.717) is 0 Å². The van der Waals surface area contributed by atoms with Crippen LogP contribution in [0.1, 0.15) is 11.1 Å². The van der Waals surface area contributed by atoms with E-state index in [1.165, 1.54) is 12.1 Å². The number of hydrogen-bond acceptors (Lipinski definition) is 2. The topological polar surface area (TPSA) is 37.3 Å². The molecule has 0 bridgehead atoms. The molecule has 0 amide bonds. The molecular weight excluding hydrogens is 263 g/mol. The maximum absolute atomic E-state index is 12.7. The van der Waals surface area contributed by atoms with Gasteiger partial charge in [0.2, 0.25) is 0 Å². The van der Waals surface area contributed by atoms with Crippen LogP contribution in [-0.2, 0) is 17.0 Å². The minimum absolute atomic E-state index is 0.0470. The van der Waals surface area contributed by atoms with Crippen molar-refractivity contribution in [3.05, 3.63) is 65.5 Å². The summed E-state index contributed by atoms with van der Waals surface area (Å²) in [7, 11) is 0. The molecule has 2 aromatic carbocycles. The van der Waals surface area contributed by atoms with Crippen molar-refractivity contribution < 1.29 is 14.3 Å². The number of carboxylic acids is 1. The zero-order chi connectivity index (χ0) is 13.7. The van der Waals surface area contributed by atoms with Crippen molar-refractivity contribution in [3.8, 4) is 0 Å². The van der Waals surface area contributed by atoms with Crippen LogP contribution in [-0.4, -0.2) is 11.1 Å². The monoisotopic (exact) mass is 276 g/mol. The predicted octanol–water partition coefficient (Wildman–Crippen LogP) is 3.75. The van der Waals surface area contributed by atoms with Crippen LogP contribution >= 0.6 is 11.8 Å². The van der Waals surface area contributed by atoms with Gasteiger partial charge in [0.15, 0.2) is 0 Å². The number of hydrogen-bond donors (Lipinski definition) is 1. The van der Waals surface area contributed by atoms with Gasteiger partial charge in [-0.3, -0.25) is 4.79 Å². The maximum Gasteiger partial charge on any atom is 0.307 e. The smallest absolute Gasteiger partial charge is 0.307 e. The van der Waals surface area contributed by atoms with E-state index in [0.717, 1.165) is 21.8 Å². The summed E-state index contributed by atoms with van der Waals surface area (Å²) in [6, 6.07) is 13.9. The van der Waals surface area contributed by atoms with E-state index in [1.807, 2.05) is 24.3 Å². The number of halogens is 1. The first kappa shape index (κ1) is 13.6. The Kier molecular flexibility index (Phi) is 4.58. The number of rotatable bonds is 5. The summed E-state index contributed by atoms with van der Waals surface area (Å²) >= 11 is 1.62. The highest BCUT2D eigenvalue weighted by Crippen LogP contribution is 2.23. The van der Waals surface area contributed by atoms with Gasteiger partial charge in [0.05, 0.1) is 6.42 Å². The lowest BCUT2D eigenvalue weighted by atomic mass is 10.1. The number of thioether (sulfide) groups is 1. The fraction of sp³-hybridized carbons (Fsp3) is 0.133. The van der Waals surface area contributed by atoms with Crippen LogP contribution in [0.25, 0.3) is 0 Å². The van der Waals surface area contributed by atoms with Crippen molar-refractivity contribution in [1.29, 1.82) is 0 Å². The Hall–Kier alpha value is -1.81. The van der Waals surface area contributed by atoms with E-state index < -0.39 is 5.97 Å². The fourth-order valence-corrected chi connectivity index (χ4v) is 2.48. The zero-order valence-electron chi connectivity index (χ0n) is 10.2. The van der Waals surface area contributed by atoms with Gasteiger partial charge in [-0.15, -0.1) is 11.8 Å². The molecule has 0 spiro atoms. The van der Waals surface area contributed by atoms with E-state index in [4.69, 9.17) is 5.11 Å². The van der Waals surface area contributed by atoms with Crippen LogP contribution in [0.2, 0.25) is 0 Å². The Balaban J connectivity index is 1.92. The van der Waals surface area contributed by atoms with E-state index >= 15 is 0 Å². The summed E-state index contributed by atoms with van der Waals surface area (Å²) in [5.74, 6) is -0.283. The van der Waals surface area contributed by atoms with Gasteiger partial charge in [0.25, 0.3) is 0 Å². The lowest BCUT2D eigenvalue weighted by molar-refractivity contribution is -0.136. The highest BCUT2D eigenvalue weighted by atomic mass is 32.2. The molecule has 19 heavy (non-hydrogen) atoms. The van der Waals surface area contributed by atoms with Gasteiger partial charge < -0.3 is 5.11 Å². The first-order chi connectivity index (χ1) is 9.13. The molecule has 0 aliphatic rings. The minimum atomic E-state index is -0.826. The molecule has 0 saturated heterocycles. The van der Waals surface area contributed by atoms with E-state index in [9.17, 15) is 9.18 Å². The first-order valence-corrected chi connectivity index (χ1v) is 6.80. The molecule has 0 aromatic heterocycles. The Bertz CT molecular complexity index is 549. The Morgan fingerprint density at radius 3 is 2.16 bits per heavy atom. The van der Waals surface area contributed by atoms with Crippen LogP contribution in [0.15, 0.2) is 53.4 Å². The average molecular weight is 276 g/mol. The molecule has 0 saturated carbocycles. The van der Waals surface area contributed by atoms with E-state index in [2.05, 4.69) is 0 Å². The Morgan fingerprint density at radius 2 is 1.58 bits per heavy atom. The van der Waals surface area contributed by atoms with Crippen LogP contribution in [0.4, 0.5) is 4.39 Å². The third-order valence-corrected chi connectivity index (χ3v) is 3.68. The van der Waals surface area contributed by atoms with Gasteiger partial charge in [-0.25, -0.2) is 4.39 Å². The Morgan fingerprint density at radius 1 is 1.00 bits per heavy atom. The summed E-state index contributed by atoms with van der Waals surface area (Å²) in [5, 5.41) is 8.68. The first-order valence-electron chi connectivity index (χ1n) is 5.81. The molecular formula is C15H13FO2S. The summed E-state index contributed by atoms with van der Waals surface area (Å²) in [6.07, 6.45) is 0.0470. The van der Waals surface area contributed by atoms with Crippen LogP contribution < -0.4 is 0 Å². The van der Waals surface area contributed by atoms with Crippen molar-refractivity contribution in [2.75, 3.05) is 0 Å². The minimum Gasteiger partial charge on any atom is -0.481 e. The predicted molar refractivity (Wildman–Crippen MR) is 73.7 cm³/mol. The lowest BCUT2D eigenvalue weighted by Crippen LogP contribution is -1.99. The highest BCUT2D eigenvalue weighted by Gasteiger charge is 2.01. The molecule has 1 N–H and O–H groups in total. The number of aliphatic carboxylic acids is 1. The molecule has 4 heteroatoms. The fourth-order valence-electron chi connectivity index (χ4n) is 1.63. The molecule has 0 atom stereocenters. The van der Waals surface area contributed by atoms with E-state index in [1.54, 1.807) is 23.9 Å². The SMILES string of the molecule is O=C(O)Cc1ccc(CSc2ccc(F)cc2)cc1. The standard InChI is InChI=1S/C15H13FO2S/c16-13-5-7-14(8-6-13)19-10-12-3-1-11(2-4-12)9-15(17)18/h1-8H,9-10H2,(H,17,18). The van der Waals surface area contributed by atoms with Crippen molar-refractivity contribution >= 4 is 17.7 Å². The zero-order valence-corrected chi connectivity index (χ0v) is 11.0. The van der Waals surface area contributed by atoms with Gasteiger partial charge in [-0.05, 0) is 35.4 Å². The molecule has 0 unspecified atom stereocenters. The molecule has 0 heterocycles. The third-order valence-electron chi connectivity index (χ3n) is 2.60. The molecule has 0 aliphatic carbocycles. The number of carbonyl (C=O) groups is 1. The van der Waals surface area contributed by atoms with Gasteiger partial charge >= 0.3 is 5.97 Å². The molecule has 0 aliphatic heterocycles. The summed E-state index contributed by atoms with van der Waals surface area (Å²) in [5.41, 5.74) is 1.91. The largest absolute Gasteiger partial charge is 0.481 e. The van der Waals surface area contributed by atoms with Crippen molar-refractivity contribution in [1.82, 2.24) is 0 Å². The van der Waals surface area contributed by atoms with E-state index in [-0.39, 0.29) is 12.2 Å². The summed E-state index contributed by atoms with van der Waals surface area (Å²) in [6.45, 7) is 0. The third kappa shape index (κ3) is 4.41. The van der Waals surface area contributed by atoms with Crippen LogP contribution in [0.5, 0.6) is 0 Å². The van der Waals surface area contributed by atoms with Crippen molar-refractivity contribution in [2.45, 2.75) is 17.1 Å². The Labute approximate surface area is 115 Å². The second kappa shape index (κ2) is 6.38. The van der Waals surface area contributed by atoms with Gasteiger partial charge in [0, 0.05) is 10.6 Å². The van der Waals surface area contributed by atoms with Crippen LogP contribution in [0, 0.1) is 5.82 Å². The molecule has 0 fully saturated rings. The molecule has 98 valence electrons. The maximum atomic E-state index is 12.7. The molecule has 0 radical (unpaired) electrons. The van der Waals surface area contributed by atoms with Crippen molar-refractivity contribution in [3.63, 3.8) is 0 Å². The van der Waals surface area contributed by atoms with Gasteiger partial charge in [-0.2, -0.15) is 0 Å². The molecule has 2 nitrogen and oxygen atoms in total. The summed E-state index contributed by atoms with van der Waals surface area (Å²) in [4.78, 5) is 11.6.